The van der Waals surface area contributed by atoms with Gasteiger partial charge in [0, 0.05) is 25.5 Å². The first kappa shape index (κ1) is 19.2. The van der Waals surface area contributed by atoms with E-state index < -0.39 is 0 Å². The van der Waals surface area contributed by atoms with Crippen LogP contribution in [0.25, 0.3) is 0 Å². The van der Waals surface area contributed by atoms with Crippen molar-refractivity contribution >= 4 is 17.4 Å². The number of carbonyl (C=O) groups excluding carboxylic acids is 1. The van der Waals surface area contributed by atoms with Gasteiger partial charge < -0.3 is 19.7 Å². The summed E-state index contributed by atoms with van der Waals surface area (Å²) in [5.41, 5.74) is 2.45. The Hall–Kier alpha value is -3.54. The standard InChI is InChI=1S/C22H23N3O3/c1-25(18-7-5-4-6-8-18)21-12-10-17(15-23-21)22(26)24-14-16-9-11-19(27-2)20(13-16)28-3/h4-13,15H,14H2,1-3H3,(H,24,26). The Morgan fingerprint density at radius 2 is 1.75 bits per heavy atom. The van der Waals surface area contributed by atoms with E-state index in [9.17, 15) is 4.79 Å². The lowest BCUT2D eigenvalue weighted by Crippen LogP contribution is -2.23. The Bertz CT molecular complexity index is 928. The summed E-state index contributed by atoms with van der Waals surface area (Å²) in [6, 6.07) is 19.1. The maximum atomic E-state index is 12.4. The molecule has 6 heteroatoms. The van der Waals surface area contributed by atoms with Gasteiger partial charge in [-0.15, -0.1) is 0 Å². The number of nitrogens with zero attached hydrogens (tertiary/aromatic N) is 2. The average Bonchev–Trinajstić information content (AvgIpc) is 2.77. The highest BCUT2D eigenvalue weighted by atomic mass is 16.5. The zero-order valence-electron chi connectivity index (χ0n) is 16.2. The van der Waals surface area contributed by atoms with Crippen LogP contribution in [0, 0.1) is 0 Å². The van der Waals surface area contributed by atoms with Gasteiger partial charge in [0.15, 0.2) is 11.5 Å². The van der Waals surface area contributed by atoms with Crippen LogP contribution in [0.2, 0.25) is 0 Å². The number of hydrogen-bond acceptors (Lipinski definition) is 5. The molecule has 1 heterocycles. The van der Waals surface area contributed by atoms with E-state index in [2.05, 4.69) is 10.3 Å². The van der Waals surface area contributed by atoms with E-state index in [0.717, 1.165) is 17.1 Å². The second-order valence-electron chi connectivity index (χ2n) is 6.17. The van der Waals surface area contributed by atoms with Gasteiger partial charge in [0.2, 0.25) is 0 Å². The number of ether oxygens (including phenoxy) is 2. The van der Waals surface area contributed by atoms with Crippen molar-refractivity contribution < 1.29 is 14.3 Å². The van der Waals surface area contributed by atoms with Crippen LogP contribution in [0.3, 0.4) is 0 Å². The first-order valence-corrected chi connectivity index (χ1v) is 8.86. The molecule has 0 aliphatic carbocycles. The molecule has 6 nitrogen and oxygen atoms in total. The fraction of sp³-hybridized carbons (Fsp3) is 0.182. The van der Waals surface area contributed by atoms with Gasteiger partial charge in [-0.25, -0.2) is 4.98 Å². The maximum Gasteiger partial charge on any atom is 0.253 e. The van der Waals surface area contributed by atoms with Crippen molar-refractivity contribution in [2.75, 3.05) is 26.2 Å². The molecule has 2 aromatic carbocycles. The topological polar surface area (TPSA) is 63.7 Å². The molecule has 0 saturated heterocycles. The summed E-state index contributed by atoms with van der Waals surface area (Å²) >= 11 is 0. The number of pyridine rings is 1. The summed E-state index contributed by atoms with van der Waals surface area (Å²) in [4.78, 5) is 18.8. The van der Waals surface area contributed by atoms with Crippen molar-refractivity contribution in [1.29, 1.82) is 0 Å². The highest BCUT2D eigenvalue weighted by Crippen LogP contribution is 2.27. The lowest BCUT2D eigenvalue weighted by molar-refractivity contribution is 0.0950. The highest BCUT2D eigenvalue weighted by Gasteiger charge is 2.10. The van der Waals surface area contributed by atoms with Crippen molar-refractivity contribution in [1.82, 2.24) is 10.3 Å². The predicted molar refractivity (Wildman–Crippen MR) is 109 cm³/mol. The second kappa shape index (κ2) is 8.90. The zero-order valence-corrected chi connectivity index (χ0v) is 16.2. The van der Waals surface area contributed by atoms with Crippen molar-refractivity contribution in [3.05, 3.63) is 78.0 Å². The van der Waals surface area contributed by atoms with E-state index >= 15 is 0 Å². The Morgan fingerprint density at radius 1 is 1.00 bits per heavy atom. The number of rotatable bonds is 7. The van der Waals surface area contributed by atoms with E-state index in [1.165, 1.54) is 0 Å². The molecule has 0 aliphatic rings. The number of anilines is 2. The molecule has 0 saturated carbocycles. The van der Waals surface area contributed by atoms with Crippen LogP contribution in [-0.4, -0.2) is 32.2 Å². The molecule has 0 atom stereocenters. The molecule has 28 heavy (non-hydrogen) atoms. The molecule has 0 unspecified atom stereocenters. The molecule has 1 aromatic heterocycles. The third kappa shape index (κ3) is 4.40. The van der Waals surface area contributed by atoms with Gasteiger partial charge in [-0.1, -0.05) is 24.3 Å². The van der Waals surface area contributed by atoms with Crippen LogP contribution < -0.4 is 19.7 Å². The second-order valence-corrected chi connectivity index (χ2v) is 6.17. The lowest BCUT2D eigenvalue weighted by Gasteiger charge is -2.18. The molecular formula is C22H23N3O3. The third-order valence-corrected chi connectivity index (χ3v) is 4.40. The van der Waals surface area contributed by atoms with Gasteiger partial charge in [-0.05, 0) is 42.0 Å². The number of para-hydroxylation sites is 1. The van der Waals surface area contributed by atoms with Gasteiger partial charge in [-0.3, -0.25) is 4.79 Å². The summed E-state index contributed by atoms with van der Waals surface area (Å²) in [7, 11) is 5.11. The molecule has 0 spiro atoms. The van der Waals surface area contributed by atoms with Gasteiger partial charge >= 0.3 is 0 Å². The molecule has 0 fully saturated rings. The van der Waals surface area contributed by atoms with E-state index in [1.807, 2.05) is 66.5 Å². The molecule has 3 aromatic rings. The van der Waals surface area contributed by atoms with Crippen LogP contribution in [0.15, 0.2) is 66.9 Å². The first-order valence-electron chi connectivity index (χ1n) is 8.86. The van der Waals surface area contributed by atoms with Crippen LogP contribution >= 0.6 is 0 Å². The molecule has 3 rings (SSSR count). The Labute approximate surface area is 164 Å². The predicted octanol–water partition coefficient (Wildman–Crippen LogP) is 3.80. The Morgan fingerprint density at radius 3 is 2.39 bits per heavy atom. The van der Waals surface area contributed by atoms with Crippen LogP contribution in [0.4, 0.5) is 11.5 Å². The summed E-state index contributed by atoms with van der Waals surface area (Å²) < 4.78 is 10.5. The highest BCUT2D eigenvalue weighted by molar-refractivity contribution is 5.94. The van der Waals surface area contributed by atoms with Crippen molar-refractivity contribution in [2.45, 2.75) is 6.54 Å². The van der Waals surface area contributed by atoms with Crippen LogP contribution in [-0.2, 0) is 6.54 Å². The van der Waals surface area contributed by atoms with E-state index in [-0.39, 0.29) is 5.91 Å². The average molecular weight is 377 g/mol. The zero-order chi connectivity index (χ0) is 19.9. The summed E-state index contributed by atoms with van der Waals surface area (Å²) in [5, 5.41) is 2.90. The fourth-order valence-electron chi connectivity index (χ4n) is 2.78. The first-order chi connectivity index (χ1) is 13.6. The number of benzene rings is 2. The normalized spacial score (nSPS) is 10.2. The lowest BCUT2D eigenvalue weighted by atomic mass is 10.2. The summed E-state index contributed by atoms with van der Waals surface area (Å²) in [6.07, 6.45) is 1.58. The number of nitrogens with one attached hydrogen (secondary N) is 1. The minimum absolute atomic E-state index is 0.184. The molecule has 144 valence electrons. The number of carbonyl (C=O) groups is 1. The van der Waals surface area contributed by atoms with Gasteiger partial charge in [-0.2, -0.15) is 0 Å². The summed E-state index contributed by atoms with van der Waals surface area (Å²) in [6.45, 7) is 0.380. The maximum absolute atomic E-state index is 12.4. The molecule has 0 aliphatic heterocycles. The number of hydrogen-bond donors (Lipinski definition) is 1. The molecular weight excluding hydrogens is 354 g/mol. The molecule has 0 radical (unpaired) electrons. The number of amides is 1. The monoisotopic (exact) mass is 377 g/mol. The SMILES string of the molecule is COc1ccc(CNC(=O)c2ccc(N(C)c3ccccc3)nc2)cc1OC. The minimum atomic E-state index is -0.184. The molecule has 1 N–H and O–H groups in total. The van der Waals surface area contributed by atoms with Gasteiger partial charge in [0.05, 0.1) is 19.8 Å². The third-order valence-electron chi connectivity index (χ3n) is 4.40. The number of methoxy groups -OCH3 is 2. The van der Waals surface area contributed by atoms with Crippen molar-refractivity contribution in [2.24, 2.45) is 0 Å². The Kier molecular flexibility index (Phi) is 6.11. The smallest absolute Gasteiger partial charge is 0.253 e. The number of aromatic nitrogens is 1. The van der Waals surface area contributed by atoms with Crippen molar-refractivity contribution in [3.63, 3.8) is 0 Å². The van der Waals surface area contributed by atoms with E-state index in [4.69, 9.17) is 9.47 Å². The van der Waals surface area contributed by atoms with Crippen molar-refractivity contribution in [3.8, 4) is 11.5 Å². The Balaban J connectivity index is 1.63. The summed E-state index contributed by atoms with van der Waals surface area (Å²) in [5.74, 6) is 1.86. The van der Waals surface area contributed by atoms with Crippen LogP contribution in [0.1, 0.15) is 15.9 Å². The fourth-order valence-corrected chi connectivity index (χ4v) is 2.78. The quantitative estimate of drug-likeness (QED) is 0.679. The molecule has 1 amide bonds. The molecule has 0 bridgehead atoms. The van der Waals surface area contributed by atoms with E-state index in [1.54, 1.807) is 26.5 Å². The largest absolute Gasteiger partial charge is 0.493 e. The van der Waals surface area contributed by atoms with Gasteiger partial charge in [0.25, 0.3) is 5.91 Å². The minimum Gasteiger partial charge on any atom is -0.493 e. The van der Waals surface area contributed by atoms with Gasteiger partial charge in [0.1, 0.15) is 5.82 Å². The van der Waals surface area contributed by atoms with E-state index in [0.29, 0.717) is 23.6 Å². The van der Waals surface area contributed by atoms with Crippen LogP contribution in [0.5, 0.6) is 11.5 Å².